The first-order chi connectivity index (χ1) is 15.7. The molecular formula is C22H26F3N7OS. The Hall–Kier alpha value is -3.28. The summed E-state index contributed by atoms with van der Waals surface area (Å²) in [6.07, 6.45) is -1.16. The zero-order valence-corrected chi connectivity index (χ0v) is 20.6. The lowest BCUT2D eigenvalue weighted by Crippen LogP contribution is -2.34. The number of pyridine rings is 1. The quantitative estimate of drug-likeness (QED) is 0.563. The summed E-state index contributed by atoms with van der Waals surface area (Å²) in [4.78, 5) is 27.5. The lowest BCUT2D eigenvalue weighted by atomic mass is 9.98. The summed E-state index contributed by atoms with van der Waals surface area (Å²) in [7, 11) is 3.40. The van der Waals surface area contributed by atoms with Crippen molar-refractivity contribution in [1.82, 2.24) is 19.2 Å². The molecule has 0 aliphatic carbocycles. The molecular weight excluding hydrogens is 467 g/mol. The minimum absolute atomic E-state index is 0.0184. The van der Waals surface area contributed by atoms with E-state index in [-0.39, 0.29) is 23.0 Å². The van der Waals surface area contributed by atoms with Gasteiger partial charge in [0.25, 0.3) is 0 Å². The van der Waals surface area contributed by atoms with Crippen molar-refractivity contribution in [3.8, 4) is 0 Å². The average molecular weight is 494 g/mol. The van der Waals surface area contributed by atoms with E-state index in [4.69, 9.17) is 0 Å². The molecule has 0 aromatic carbocycles. The summed E-state index contributed by atoms with van der Waals surface area (Å²) in [5.74, 6) is -0.315. The SMILES string of the molecule is C=N/C(=C\C1=C(C)N(C)C(C)(C)C1)c1nc(Nc2ncc(C(F)(F)F)cc2N(C)C(C)=O)ns1. The van der Waals surface area contributed by atoms with E-state index in [0.29, 0.717) is 16.9 Å². The molecule has 0 saturated heterocycles. The summed E-state index contributed by atoms with van der Waals surface area (Å²) in [5, 5.41) is 3.30. The van der Waals surface area contributed by atoms with Crippen molar-refractivity contribution in [3.05, 3.63) is 40.2 Å². The van der Waals surface area contributed by atoms with Gasteiger partial charge in [-0.2, -0.15) is 22.5 Å². The Morgan fingerprint density at radius 2 is 2.09 bits per heavy atom. The van der Waals surface area contributed by atoms with Crippen LogP contribution in [0.5, 0.6) is 0 Å². The number of hydrogen-bond acceptors (Lipinski definition) is 8. The molecule has 0 atom stereocenters. The van der Waals surface area contributed by atoms with Crippen LogP contribution in [-0.2, 0) is 11.0 Å². The molecule has 3 rings (SSSR count). The van der Waals surface area contributed by atoms with E-state index in [0.717, 1.165) is 40.2 Å². The van der Waals surface area contributed by atoms with Crippen LogP contribution in [0.2, 0.25) is 0 Å². The zero-order valence-electron chi connectivity index (χ0n) is 19.8. The van der Waals surface area contributed by atoms with Crippen LogP contribution in [0.4, 0.5) is 30.6 Å². The minimum Gasteiger partial charge on any atom is -0.372 e. The Balaban J connectivity index is 1.93. The first-order valence-electron chi connectivity index (χ1n) is 10.3. The number of anilines is 3. The molecule has 0 saturated carbocycles. The van der Waals surface area contributed by atoms with Gasteiger partial charge in [0, 0.05) is 38.5 Å². The van der Waals surface area contributed by atoms with Crippen molar-refractivity contribution >= 4 is 47.3 Å². The zero-order chi connectivity index (χ0) is 25.4. The highest BCUT2D eigenvalue weighted by Gasteiger charge is 2.33. The van der Waals surface area contributed by atoms with E-state index in [1.807, 2.05) is 20.0 Å². The Morgan fingerprint density at radius 3 is 2.62 bits per heavy atom. The second-order valence-corrected chi connectivity index (χ2v) is 9.31. The summed E-state index contributed by atoms with van der Waals surface area (Å²) in [6.45, 7) is 11.2. The fourth-order valence-corrected chi connectivity index (χ4v) is 4.10. The van der Waals surface area contributed by atoms with Gasteiger partial charge in [-0.1, -0.05) is 0 Å². The Morgan fingerprint density at radius 1 is 1.41 bits per heavy atom. The van der Waals surface area contributed by atoms with Crippen molar-refractivity contribution in [1.29, 1.82) is 0 Å². The molecule has 34 heavy (non-hydrogen) atoms. The monoisotopic (exact) mass is 493 g/mol. The molecule has 1 aliphatic heterocycles. The largest absolute Gasteiger partial charge is 0.417 e. The molecule has 1 N–H and O–H groups in total. The number of carbonyl (C=O) groups excluding carboxylic acids is 1. The smallest absolute Gasteiger partial charge is 0.372 e. The molecule has 0 spiro atoms. The number of aliphatic imine (C=N–C) groups is 1. The fourth-order valence-electron chi connectivity index (χ4n) is 3.49. The van der Waals surface area contributed by atoms with Crippen LogP contribution in [0.3, 0.4) is 0 Å². The number of aromatic nitrogens is 3. The maximum atomic E-state index is 13.2. The predicted molar refractivity (Wildman–Crippen MR) is 128 cm³/mol. The third kappa shape index (κ3) is 5.11. The molecule has 2 aromatic rings. The topological polar surface area (TPSA) is 86.6 Å². The van der Waals surface area contributed by atoms with Gasteiger partial charge in [0.05, 0.1) is 11.3 Å². The van der Waals surface area contributed by atoms with Crippen molar-refractivity contribution in [2.45, 2.75) is 45.8 Å². The van der Waals surface area contributed by atoms with E-state index in [1.165, 1.54) is 14.0 Å². The van der Waals surface area contributed by atoms with Gasteiger partial charge in [-0.15, -0.1) is 0 Å². The van der Waals surface area contributed by atoms with Crippen LogP contribution in [0, 0.1) is 0 Å². The summed E-state index contributed by atoms with van der Waals surface area (Å²) < 4.78 is 43.8. The van der Waals surface area contributed by atoms with Gasteiger partial charge in [-0.05, 0) is 63.2 Å². The van der Waals surface area contributed by atoms with E-state index < -0.39 is 17.6 Å². The standard InChI is InChI=1S/C22H26F3N7OS/c1-12-14(10-21(3,4)32(12)7)8-16(26-5)19-29-20(30-34-19)28-18-17(31(6)13(2)33)9-15(11-27-18)22(23,24)25/h8-9,11H,5,10H2,1-4,6-7H3,(H,27,28,30)/b16-8-. The summed E-state index contributed by atoms with van der Waals surface area (Å²) in [6, 6.07) is 0.855. The highest BCUT2D eigenvalue weighted by Crippen LogP contribution is 2.38. The van der Waals surface area contributed by atoms with Crippen molar-refractivity contribution in [3.63, 3.8) is 0 Å². The summed E-state index contributed by atoms with van der Waals surface area (Å²) >= 11 is 1.06. The molecule has 1 amide bonds. The molecule has 3 heterocycles. The third-order valence-corrected chi connectivity index (χ3v) is 6.62. The van der Waals surface area contributed by atoms with Crippen LogP contribution in [0.1, 0.15) is 44.7 Å². The van der Waals surface area contributed by atoms with Crippen molar-refractivity contribution in [2.75, 3.05) is 24.3 Å². The number of halogens is 3. The van der Waals surface area contributed by atoms with Gasteiger partial charge in [0.2, 0.25) is 11.9 Å². The number of amides is 1. The van der Waals surface area contributed by atoms with Gasteiger partial charge in [-0.25, -0.2) is 4.98 Å². The van der Waals surface area contributed by atoms with E-state index in [1.54, 1.807) is 0 Å². The van der Waals surface area contributed by atoms with E-state index >= 15 is 0 Å². The number of rotatable bonds is 6. The van der Waals surface area contributed by atoms with Crippen molar-refractivity contribution < 1.29 is 18.0 Å². The molecule has 1 aliphatic rings. The predicted octanol–water partition coefficient (Wildman–Crippen LogP) is 5.11. The van der Waals surface area contributed by atoms with Crippen LogP contribution < -0.4 is 10.2 Å². The Kier molecular flexibility index (Phi) is 6.83. The van der Waals surface area contributed by atoms with Gasteiger partial charge in [0.15, 0.2) is 10.8 Å². The summed E-state index contributed by atoms with van der Waals surface area (Å²) in [5.41, 5.74) is 1.72. The van der Waals surface area contributed by atoms with Gasteiger partial charge >= 0.3 is 6.18 Å². The fraction of sp³-hybridized carbons (Fsp3) is 0.409. The van der Waals surface area contributed by atoms with E-state index in [9.17, 15) is 18.0 Å². The van der Waals surface area contributed by atoms with Crippen molar-refractivity contribution in [2.24, 2.45) is 4.99 Å². The average Bonchev–Trinajstić information content (AvgIpc) is 3.29. The lowest BCUT2D eigenvalue weighted by molar-refractivity contribution is -0.137. The molecule has 12 heteroatoms. The number of nitrogens with zero attached hydrogens (tertiary/aromatic N) is 6. The van der Waals surface area contributed by atoms with E-state index in [2.05, 4.69) is 50.1 Å². The number of hydrogen-bond donors (Lipinski definition) is 1. The number of nitrogens with one attached hydrogen (secondary N) is 1. The first-order valence-corrected chi connectivity index (χ1v) is 11.1. The number of allylic oxidation sites excluding steroid dienone is 2. The highest BCUT2D eigenvalue weighted by molar-refractivity contribution is 7.06. The van der Waals surface area contributed by atoms with Crippen LogP contribution >= 0.6 is 11.5 Å². The van der Waals surface area contributed by atoms with Crippen LogP contribution in [-0.4, -0.2) is 51.5 Å². The number of carbonyl (C=O) groups is 1. The van der Waals surface area contributed by atoms with Gasteiger partial charge in [-0.3, -0.25) is 9.79 Å². The molecule has 8 nitrogen and oxygen atoms in total. The highest BCUT2D eigenvalue weighted by atomic mass is 32.1. The molecule has 0 radical (unpaired) electrons. The molecule has 0 bridgehead atoms. The maximum absolute atomic E-state index is 13.2. The minimum atomic E-state index is -4.60. The molecule has 182 valence electrons. The van der Waals surface area contributed by atoms with Gasteiger partial charge in [0.1, 0.15) is 5.70 Å². The second kappa shape index (κ2) is 9.16. The molecule has 2 aromatic heterocycles. The Labute approximate surface area is 200 Å². The molecule has 0 fully saturated rings. The number of alkyl halides is 3. The normalized spacial score (nSPS) is 16.1. The molecule has 0 unspecified atom stereocenters. The van der Waals surface area contributed by atoms with Crippen LogP contribution in [0.25, 0.3) is 5.70 Å². The van der Waals surface area contributed by atoms with Gasteiger partial charge < -0.3 is 15.1 Å². The maximum Gasteiger partial charge on any atom is 0.417 e. The van der Waals surface area contributed by atoms with Crippen LogP contribution in [0.15, 0.2) is 34.6 Å². The Bertz CT molecular complexity index is 1180. The third-order valence-electron chi connectivity index (χ3n) is 5.88. The first kappa shape index (κ1) is 25.3. The second-order valence-electron chi connectivity index (χ2n) is 8.56. The lowest BCUT2D eigenvalue weighted by Gasteiger charge is -2.31.